The predicted octanol–water partition coefficient (Wildman–Crippen LogP) is 3.48. The highest BCUT2D eigenvalue weighted by molar-refractivity contribution is 9.10. The van der Waals surface area contributed by atoms with Crippen molar-refractivity contribution in [1.29, 1.82) is 0 Å². The van der Waals surface area contributed by atoms with Crippen molar-refractivity contribution in [2.45, 2.75) is 0 Å². The van der Waals surface area contributed by atoms with E-state index >= 15 is 0 Å². The van der Waals surface area contributed by atoms with Gasteiger partial charge in [-0.05, 0) is 18.2 Å². The van der Waals surface area contributed by atoms with E-state index < -0.39 is 0 Å². The smallest absolute Gasteiger partial charge is 0.176 e. The van der Waals surface area contributed by atoms with Crippen LogP contribution in [0.5, 0.6) is 0 Å². The number of hydrogen-bond donors (Lipinski definition) is 1. The summed E-state index contributed by atoms with van der Waals surface area (Å²) in [6.07, 6.45) is 0. The SMILES string of the molecule is O/N=C(\Cl)c1cc(Br)ccc1Cl. The highest BCUT2D eigenvalue weighted by Gasteiger charge is 2.06. The van der Waals surface area contributed by atoms with Gasteiger partial charge in [0.15, 0.2) is 5.17 Å². The second kappa shape index (κ2) is 4.12. The normalized spacial score (nSPS) is 11.8. The molecule has 1 aromatic carbocycles. The van der Waals surface area contributed by atoms with E-state index in [2.05, 4.69) is 21.1 Å². The third-order valence-electron chi connectivity index (χ3n) is 1.24. The lowest BCUT2D eigenvalue weighted by Gasteiger charge is -2.00. The lowest BCUT2D eigenvalue weighted by Crippen LogP contribution is -1.91. The molecular weight excluding hydrogens is 265 g/mol. The Hall–Kier alpha value is -0.250. The zero-order valence-electron chi connectivity index (χ0n) is 5.76. The Morgan fingerprint density at radius 2 is 2.17 bits per heavy atom. The highest BCUT2D eigenvalue weighted by Crippen LogP contribution is 2.22. The van der Waals surface area contributed by atoms with Gasteiger partial charge in [-0.2, -0.15) is 0 Å². The van der Waals surface area contributed by atoms with E-state index in [0.29, 0.717) is 10.6 Å². The fourth-order valence-corrected chi connectivity index (χ4v) is 1.48. The summed E-state index contributed by atoms with van der Waals surface area (Å²) in [6, 6.07) is 5.10. The molecule has 1 rings (SSSR count). The van der Waals surface area contributed by atoms with Crippen LogP contribution in [-0.2, 0) is 0 Å². The Kier molecular flexibility index (Phi) is 3.38. The number of benzene rings is 1. The summed E-state index contributed by atoms with van der Waals surface area (Å²) in [7, 11) is 0. The fraction of sp³-hybridized carbons (Fsp3) is 0. The molecule has 2 nitrogen and oxygen atoms in total. The maximum atomic E-state index is 8.39. The molecule has 0 aliphatic rings. The number of rotatable bonds is 1. The van der Waals surface area contributed by atoms with Gasteiger partial charge in [0.1, 0.15) is 0 Å². The van der Waals surface area contributed by atoms with Crippen LogP contribution in [0.4, 0.5) is 0 Å². The highest BCUT2D eigenvalue weighted by atomic mass is 79.9. The van der Waals surface area contributed by atoms with Gasteiger partial charge >= 0.3 is 0 Å². The average Bonchev–Trinajstić information content (AvgIpc) is 2.08. The van der Waals surface area contributed by atoms with Crippen molar-refractivity contribution in [1.82, 2.24) is 0 Å². The van der Waals surface area contributed by atoms with Gasteiger partial charge in [-0.25, -0.2) is 0 Å². The van der Waals surface area contributed by atoms with Crippen LogP contribution in [0.25, 0.3) is 0 Å². The molecule has 0 saturated carbocycles. The van der Waals surface area contributed by atoms with Crippen molar-refractivity contribution in [2.24, 2.45) is 5.16 Å². The summed E-state index contributed by atoms with van der Waals surface area (Å²) < 4.78 is 0.823. The molecule has 64 valence electrons. The summed E-state index contributed by atoms with van der Waals surface area (Å²) >= 11 is 14.6. The standard InChI is InChI=1S/C7H4BrCl2NO/c8-4-1-2-6(9)5(3-4)7(10)11-12/h1-3,12H/b11-7-. The van der Waals surface area contributed by atoms with Gasteiger partial charge in [0.25, 0.3) is 0 Å². The molecule has 0 saturated heterocycles. The molecule has 0 bridgehead atoms. The first kappa shape index (κ1) is 9.84. The Balaban J connectivity index is 3.23. The second-order valence-electron chi connectivity index (χ2n) is 2.01. The molecule has 5 heteroatoms. The minimum Gasteiger partial charge on any atom is -0.410 e. The van der Waals surface area contributed by atoms with Gasteiger partial charge in [0.2, 0.25) is 0 Å². The van der Waals surface area contributed by atoms with E-state index in [0.717, 1.165) is 4.47 Å². The molecule has 0 aromatic heterocycles. The Bertz CT molecular complexity index is 327. The fourth-order valence-electron chi connectivity index (χ4n) is 0.709. The zero-order valence-corrected chi connectivity index (χ0v) is 8.86. The van der Waals surface area contributed by atoms with E-state index in [9.17, 15) is 0 Å². The summed E-state index contributed by atoms with van der Waals surface area (Å²) in [5.74, 6) is 0. The van der Waals surface area contributed by atoms with Crippen molar-refractivity contribution in [3.63, 3.8) is 0 Å². The molecule has 12 heavy (non-hydrogen) atoms. The molecule has 0 atom stereocenters. The molecule has 0 heterocycles. The Morgan fingerprint density at radius 3 is 2.75 bits per heavy atom. The van der Waals surface area contributed by atoms with Crippen molar-refractivity contribution >= 4 is 44.3 Å². The predicted molar refractivity (Wildman–Crippen MR) is 53.3 cm³/mol. The Labute approximate surface area is 87.9 Å². The van der Waals surface area contributed by atoms with Gasteiger partial charge in [-0.15, -0.1) is 0 Å². The van der Waals surface area contributed by atoms with Crippen LogP contribution in [-0.4, -0.2) is 10.4 Å². The first-order valence-corrected chi connectivity index (χ1v) is 4.53. The number of nitrogens with zero attached hydrogens (tertiary/aromatic N) is 1. The summed E-state index contributed by atoms with van der Waals surface area (Å²) in [5, 5.41) is 11.6. The molecule has 0 amide bonds. The van der Waals surface area contributed by atoms with Crippen LogP contribution in [0.2, 0.25) is 5.02 Å². The van der Waals surface area contributed by atoms with Crippen LogP contribution < -0.4 is 0 Å². The minimum atomic E-state index is -0.0266. The van der Waals surface area contributed by atoms with Gasteiger partial charge in [0, 0.05) is 10.0 Å². The first-order chi connectivity index (χ1) is 5.65. The molecule has 0 aliphatic heterocycles. The van der Waals surface area contributed by atoms with Crippen molar-refractivity contribution < 1.29 is 5.21 Å². The third kappa shape index (κ3) is 2.12. The molecule has 0 unspecified atom stereocenters. The first-order valence-electron chi connectivity index (χ1n) is 2.98. The third-order valence-corrected chi connectivity index (χ3v) is 2.34. The largest absolute Gasteiger partial charge is 0.410 e. The van der Waals surface area contributed by atoms with E-state index in [-0.39, 0.29) is 5.17 Å². The summed E-state index contributed by atoms with van der Waals surface area (Å²) in [6.45, 7) is 0. The lowest BCUT2D eigenvalue weighted by atomic mass is 10.2. The summed E-state index contributed by atoms with van der Waals surface area (Å²) in [5.41, 5.74) is 0.496. The van der Waals surface area contributed by atoms with Crippen LogP contribution in [0, 0.1) is 0 Å². The molecule has 1 N–H and O–H groups in total. The van der Waals surface area contributed by atoms with E-state index in [1.165, 1.54) is 0 Å². The van der Waals surface area contributed by atoms with Crippen molar-refractivity contribution in [3.8, 4) is 0 Å². The average molecular weight is 269 g/mol. The van der Waals surface area contributed by atoms with Gasteiger partial charge in [-0.1, -0.05) is 44.3 Å². The maximum Gasteiger partial charge on any atom is 0.176 e. The number of oxime groups is 1. The zero-order chi connectivity index (χ0) is 9.14. The number of halogens is 3. The Morgan fingerprint density at radius 1 is 1.50 bits per heavy atom. The maximum absolute atomic E-state index is 8.39. The van der Waals surface area contributed by atoms with Crippen LogP contribution >= 0.6 is 39.1 Å². The van der Waals surface area contributed by atoms with E-state index in [1.807, 2.05) is 0 Å². The van der Waals surface area contributed by atoms with E-state index in [1.54, 1.807) is 18.2 Å². The van der Waals surface area contributed by atoms with Crippen molar-refractivity contribution in [2.75, 3.05) is 0 Å². The molecule has 0 radical (unpaired) electrons. The van der Waals surface area contributed by atoms with Gasteiger partial charge in [-0.3, -0.25) is 0 Å². The van der Waals surface area contributed by atoms with Crippen LogP contribution in [0.1, 0.15) is 5.56 Å². The van der Waals surface area contributed by atoms with Crippen molar-refractivity contribution in [3.05, 3.63) is 33.3 Å². The topological polar surface area (TPSA) is 32.6 Å². The molecule has 0 fully saturated rings. The minimum absolute atomic E-state index is 0.0266. The molecule has 0 spiro atoms. The quantitative estimate of drug-likeness (QED) is 0.472. The molecule has 1 aromatic rings. The van der Waals surface area contributed by atoms with Gasteiger partial charge in [0.05, 0.1) is 5.02 Å². The lowest BCUT2D eigenvalue weighted by molar-refractivity contribution is 0.321. The number of hydrogen-bond acceptors (Lipinski definition) is 2. The monoisotopic (exact) mass is 267 g/mol. The van der Waals surface area contributed by atoms with Gasteiger partial charge < -0.3 is 5.21 Å². The van der Waals surface area contributed by atoms with Crippen LogP contribution in [0.15, 0.2) is 27.8 Å². The summed E-state index contributed by atoms with van der Waals surface area (Å²) in [4.78, 5) is 0. The molecule has 0 aliphatic carbocycles. The van der Waals surface area contributed by atoms with Crippen LogP contribution in [0.3, 0.4) is 0 Å². The molecular formula is C7H4BrCl2NO. The van der Waals surface area contributed by atoms with E-state index in [4.69, 9.17) is 28.4 Å². The second-order valence-corrected chi connectivity index (χ2v) is 3.70.